The Morgan fingerprint density at radius 1 is 1.37 bits per heavy atom. The molecule has 2 amide bonds. The highest BCUT2D eigenvalue weighted by molar-refractivity contribution is 5.73. The van der Waals surface area contributed by atoms with E-state index in [1.165, 1.54) is 0 Å². The van der Waals surface area contributed by atoms with Gasteiger partial charge in [0.25, 0.3) is 0 Å². The average molecular weight is 271 g/mol. The van der Waals surface area contributed by atoms with E-state index in [0.717, 1.165) is 11.3 Å². The lowest BCUT2D eigenvalue weighted by Crippen LogP contribution is -2.37. The van der Waals surface area contributed by atoms with Gasteiger partial charge in [-0.1, -0.05) is 5.16 Å². The Balaban J connectivity index is 2.16. The van der Waals surface area contributed by atoms with E-state index >= 15 is 0 Å². The van der Waals surface area contributed by atoms with E-state index in [4.69, 9.17) is 14.4 Å². The number of aliphatic carboxylic acids is 1. The molecule has 1 aromatic heterocycles. The van der Waals surface area contributed by atoms with Gasteiger partial charge in [0.05, 0.1) is 12.3 Å². The molecule has 8 heteroatoms. The van der Waals surface area contributed by atoms with Crippen LogP contribution in [0.15, 0.2) is 4.52 Å². The highest BCUT2D eigenvalue weighted by Crippen LogP contribution is 2.11. The quantitative estimate of drug-likeness (QED) is 0.610. The van der Waals surface area contributed by atoms with E-state index in [2.05, 4.69) is 15.8 Å². The van der Waals surface area contributed by atoms with Crippen molar-refractivity contribution < 1.29 is 24.0 Å². The molecule has 19 heavy (non-hydrogen) atoms. The van der Waals surface area contributed by atoms with Crippen LogP contribution < -0.4 is 10.6 Å². The summed E-state index contributed by atoms with van der Waals surface area (Å²) in [6.45, 7) is 3.90. The first-order valence-corrected chi connectivity index (χ1v) is 5.73. The smallest absolute Gasteiger partial charge is 0.329 e. The minimum Gasteiger partial charge on any atom is -0.480 e. The Kier molecular flexibility index (Phi) is 5.80. The van der Waals surface area contributed by atoms with E-state index in [1.54, 1.807) is 13.8 Å². The summed E-state index contributed by atoms with van der Waals surface area (Å²) in [6, 6.07) is -0.362. The molecule has 0 radical (unpaired) electrons. The van der Waals surface area contributed by atoms with E-state index in [1.807, 2.05) is 0 Å². The van der Waals surface area contributed by atoms with Gasteiger partial charge in [0.2, 0.25) is 0 Å². The molecule has 0 aliphatic carbocycles. The number of amides is 2. The lowest BCUT2D eigenvalue weighted by Gasteiger charge is -2.07. The Morgan fingerprint density at radius 2 is 2.11 bits per heavy atom. The molecule has 1 aromatic rings. The second-order valence-electron chi connectivity index (χ2n) is 3.86. The van der Waals surface area contributed by atoms with Crippen molar-refractivity contribution in [2.75, 3.05) is 19.8 Å². The Morgan fingerprint density at radius 3 is 2.68 bits per heavy atom. The normalized spacial score (nSPS) is 10.2. The molecule has 0 fully saturated rings. The van der Waals surface area contributed by atoms with Crippen LogP contribution in [0.3, 0.4) is 0 Å². The second kappa shape index (κ2) is 7.37. The second-order valence-corrected chi connectivity index (χ2v) is 3.86. The van der Waals surface area contributed by atoms with E-state index < -0.39 is 5.97 Å². The number of aromatic nitrogens is 1. The van der Waals surface area contributed by atoms with Crippen molar-refractivity contribution in [3.05, 3.63) is 17.0 Å². The SMILES string of the molecule is Cc1noc(C)c1CNC(=O)NCCOCC(=O)O. The third-order valence-electron chi connectivity index (χ3n) is 2.36. The van der Waals surface area contributed by atoms with Gasteiger partial charge in [-0.2, -0.15) is 0 Å². The molecule has 0 saturated heterocycles. The molecule has 0 unspecified atom stereocenters. The molecule has 3 N–H and O–H groups in total. The van der Waals surface area contributed by atoms with Crippen molar-refractivity contribution >= 4 is 12.0 Å². The maximum atomic E-state index is 11.4. The van der Waals surface area contributed by atoms with Crippen LogP contribution in [0.4, 0.5) is 4.79 Å². The van der Waals surface area contributed by atoms with Crippen molar-refractivity contribution in [2.45, 2.75) is 20.4 Å². The number of nitrogens with zero attached hydrogens (tertiary/aromatic N) is 1. The predicted octanol–water partition coefficient (Wildman–Crippen LogP) is 0.192. The number of carbonyl (C=O) groups is 2. The number of aryl methyl sites for hydroxylation is 2. The molecule has 0 aromatic carbocycles. The Bertz CT molecular complexity index is 424. The van der Waals surface area contributed by atoms with Gasteiger partial charge >= 0.3 is 12.0 Å². The number of ether oxygens (including phenoxy) is 1. The van der Waals surface area contributed by atoms with Crippen LogP contribution in [0, 0.1) is 13.8 Å². The molecule has 0 bridgehead atoms. The zero-order valence-corrected chi connectivity index (χ0v) is 10.9. The van der Waals surface area contributed by atoms with Crippen LogP contribution >= 0.6 is 0 Å². The predicted molar refractivity (Wildman–Crippen MR) is 64.7 cm³/mol. The highest BCUT2D eigenvalue weighted by atomic mass is 16.5. The van der Waals surface area contributed by atoms with Crippen LogP contribution in [0.5, 0.6) is 0 Å². The summed E-state index contributed by atoms with van der Waals surface area (Å²) in [5.74, 6) is -0.370. The van der Waals surface area contributed by atoms with Crippen LogP contribution in [0.1, 0.15) is 17.0 Å². The molecule has 0 atom stereocenters. The van der Waals surface area contributed by atoms with Crippen LogP contribution in [-0.2, 0) is 16.1 Å². The van der Waals surface area contributed by atoms with Gasteiger partial charge < -0.3 is 25.0 Å². The van der Waals surface area contributed by atoms with Gasteiger partial charge in [0, 0.05) is 18.7 Å². The summed E-state index contributed by atoms with van der Waals surface area (Å²) in [5.41, 5.74) is 1.58. The third-order valence-corrected chi connectivity index (χ3v) is 2.36. The molecular formula is C11H17N3O5. The van der Waals surface area contributed by atoms with E-state index in [9.17, 15) is 9.59 Å². The standard InChI is InChI=1S/C11H17N3O5/c1-7-9(8(2)19-14-7)5-13-11(17)12-3-4-18-6-10(15)16/h3-6H2,1-2H3,(H,15,16)(H2,12,13,17). The van der Waals surface area contributed by atoms with Gasteiger partial charge in [-0.15, -0.1) is 0 Å². The molecule has 0 saturated carbocycles. The van der Waals surface area contributed by atoms with Crippen LogP contribution in [-0.4, -0.2) is 42.0 Å². The maximum Gasteiger partial charge on any atom is 0.329 e. The third kappa shape index (κ3) is 5.38. The molecule has 0 aliphatic heterocycles. The zero-order valence-electron chi connectivity index (χ0n) is 10.9. The molecule has 8 nitrogen and oxygen atoms in total. The van der Waals surface area contributed by atoms with Crippen molar-refractivity contribution in [2.24, 2.45) is 0 Å². The Labute approximate surface area is 110 Å². The number of carboxylic acids is 1. The summed E-state index contributed by atoms with van der Waals surface area (Å²) in [4.78, 5) is 21.6. The van der Waals surface area contributed by atoms with Gasteiger partial charge in [-0.3, -0.25) is 0 Å². The number of carbonyl (C=O) groups excluding carboxylic acids is 1. The summed E-state index contributed by atoms with van der Waals surface area (Å²) < 4.78 is 9.73. The monoisotopic (exact) mass is 271 g/mol. The minimum atomic E-state index is -1.04. The van der Waals surface area contributed by atoms with Crippen molar-refractivity contribution in [3.8, 4) is 0 Å². The topological polar surface area (TPSA) is 114 Å². The van der Waals surface area contributed by atoms with E-state index in [0.29, 0.717) is 12.3 Å². The number of rotatable bonds is 7. The van der Waals surface area contributed by atoms with Gasteiger partial charge in [0.1, 0.15) is 12.4 Å². The van der Waals surface area contributed by atoms with Crippen molar-refractivity contribution in [1.82, 2.24) is 15.8 Å². The number of hydrogen-bond acceptors (Lipinski definition) is 5. The fourth-order valence-electron chi connectivity index (χ4n) is 1.38. The molecule has 1 heterocycles. The lowest BCUT2D eigenvalue weighted by atomic mass is 10.2. The molecule has 0 aliphatic rings. The first-order chi connectivity index (χ1) is 9.00. The number of carboxylic acid groups (broad SMARTS) is 1. The zero-order chi connectivity index (χ0) is 14.3. The Hall–Kier alpha value is -2.09. The molecule has 1 rings (SSSR count). The van der Waals surface area contributed by atoms with Crippen LogP contribution in [0.25, 0.3) is 0 Å². The molecule has 106 valence electrons. The van der Waals surface area contributed by atoms with Gasteiger partial charge in [-0.05, 0) is 13.8 Å². The fourth-order valence-corrected chi connectivity index (χ4v) is 1.38. The van der Waals surface area contributed by atoms with Gasteiger partial charge in [-0.25, -0.2) is 9.59 Å². The molecular weight excluding hydrogens is 254 g/mol. The number of urea groups is 1. The molecule has 0 spiro atoms. The lowest BCUT2D eigenvalue weighted by molar-refractivity contribution is -0.142. The summed E-state index contributed by atoms with van der Waals surface area (Å²) >= 11 is 0. The first kappa shape index (κ1) is 15.0. The van der Waals surface area contributed by atoms with E-state index in [-0.39, 0.29) is 25.8 Å². The minimum absolute atomic E-state index is 0.144. The van der Waals surface area contributed by atoms with Crippen molar-refractivity contribution in [3.63, 3.8) is 0 Å². The fraction of sp³-hybridized carbons (Fsp3) is 0.545. The van der Waals surface area contributed by atoms with Crippen molar-refractivity contribution in [1.29, 1.82) is 0 Å². The summed E-state index contributed by atoms with van der Waals surface area (Å²) in [5, 5.41) is 17.3. The average Bonchev–Trinajstić information content (AvgIpc) is 2.66. The van der Waals surface area contributed by atoms with Crippen LogP contribution in [0.2, 0.25) is 0 Å². The summed E-state index contributed by atoms with van der Waals surface area (Å²) in [6.07, 6.45) is 0. The largest absolute Gasteiger partial charge is 0.480 e. The first-order valence-electron chi connectivity index (χ1n) is 5.73. The number of nitrogens with one attached hydrogen (secondary N) is 2. The number of hydrogen-bond donors (Lipinski definition) is 3. The highest BCUT2D eigenvalue weighted by Gasteiger charge is 2.09. The van der Waals surface area contributed by atoms with Gasteiger partial charge in [0.15, 0.2) is 0 Å². The maximum absolute atomic E-state index is 11.4. The summed E-state index contributed by atoms with van der Waals surface area (Å²) in [7, 11) is 0.